The van der Waals surface area contributed by atoms with Gasteiger partial charge in [-0.3, -0.25) is 9.69 Å². The SMILES string of the molecule is COCC(=O)NC(C1=C/C(=C/C=C\N)CC(N2CCN(C(=O)OC3CCOCC3)CC2)c2ccc(Cl)cc21)c1cncn1C. The lowest BCUT2D eigenvalue weighted by atomic mass is 9.90. The predicted octanol–water partition coefficient (Wildman–Crippen LogP) is 3.74. The number of aryl methyl sites for hydroxylation is 1. The molecule has 2 amide bonds. The Balaban J connectivity index is 1.46. The van der Waals surface area contributed by atoms with E-state index in [4.69, 9.17) is 31.5 Å². The Morgan fingerprint density at radius 1 is 1.23 bits per heavy atom. The molecular formula is C32H41ClN6O5. The number of benzene rings is 1. The molecule has 1 aromatic heterocycles. The van der Waals surface area contributed by atoms with Crippen LogP contribution in [0.5, 0.6) is 0 Å². The van der Waals surface area contributed by atoms with Crippen molar-refractivity contribution >= 4 is 29.2 Å². The van der Waals surface area contributed by atoms with Crippen LogP contribution in [0.4, 0.5) is 4.79 Å². The van der Waals surface area contributed by atoms with Gasteiger partial charge in [-0.25, -0.2) is 9.78 Å². The molecule has 2 fully saturated rings. The summed E-state index contributed by atoms with van der Waals surface area (Å²) in [6, 6.07) is 5.40. The van der Waals surface area contributed by atoms with Gasteiger partial charge in [-0.2, -0.15) is 0 Å². The first-order valence-corrected chi connectivity index (χ1v) is 15.4. The quantitative estimate of drug-likeness (QED) is 0.455. The third-order valence-corrected chi connectivity index (χ3v) is 8.60. The minimum atomic E-state index is -0.525. The number of carbonyl (C=O) groups is 2. The molecule has 12 heteroatoms. The van der Waals surface area contributed by atoms with Gasteiger partial charge in [0.25, 0.3) is 0 Å². The molecule has 11 nitrogen and oxygen atoms in total. The number of hydrogen-bond acceptors (Lipinski definition) is 8. The van der Waals surface area contributed by atoms with Crippen LogP contribution in [0.1, 0.15) is 48.2 Å². The standard InChI is InChI=1S/C32H41ClN6O5/c1-37-21-35-19-29(37)31(36-30(40)20-42-2)27-16-22(4-3-9-34)17-28(25-6-5-23(33)18-26(25)27)38-10-12-39(13-11-38)32(41)44-24-7-14-43-15-8-24/h3-6,9,16,18-19,21,24,28,31H,7-8,10-15,17,20,34H2,1-2H3,(H,36,40)/b9-3-,22-4-. The number of fused-ring (bicyclic) bond motifs is 1. The van der Waals surface area contributed by atoms with E-state index in [0.717, 1.165) is 40.8 Å². The fraction of sp³-hybridized carbons (Fsp3) is 0.469. The van der Waals surface area contributed by atoms with Crippen molar-refractivity contribution < 1.29 is 23.8 Å². The highest BCUT2D eigenvalue weighted by Gasteiger charge is 2.34. The average molecular weight is 625 g/mol. The highest BCUT2D eigenvalue weighted by Crippen LogP contribution is 2.43. The number of hydrogen-bond donors (Lipinski definition) is 2. The third kappa shape index (κ3) is 7.52. The fourth-order valence-electron chi connectivity index (χ4n) is 6.12. The number of imidazole rings is 1. The number of ether oxygens (including phenoxy) is 3. The highest BCUT2D eigenvalue weighted by molar-refractivity contribution is 6.30. The fourth-order valence-corrected chi connectivity index (χ4v) is 6.29. The normalized spacial score (nSPS) is 21.5. The number of piperazine rings is 1. The van der Waals surface area contributed by atoms with E-state index in [2.05, 4.69) is 27.3 Å². The first-order valence-electron chi connectivity index (χ1n) is 15.0. The van der Waals surface area contributed by atoms with Crippen molar-refractivity contribution in [2.75, 3.05) is 53.1 Å². The van der Waals surface area contributed by atoms with E-state index in [1.165, 1.54) is 13.3 Å². The van der Waals surface area contributed by atoms with Gasteiger partial charge in [0.2, 0.25) is 5.91 Å². The number of nitrogens with one attached hydrogen (secondary N) is 1. The number of nitrogens with zero attached hydrogens (tertiary/aromatic N) is 4. The Kier molecular flexibility index (Phi) is 10.8. The topological polar surface area (TPSA) is 124 Å². The molecule has 0 spiro atoms. The summed E-state index contributed by atoms with van der Waals surface area (Å²) >= 11 is 6.63. The van der Waals surface area contributed by atoms with Gasteiger partial charge in [0, 0.05) is 64.2 Å². The van der Waals surface area contributed by atoms with Crippen molar-refractivity contribution in [3.8, 4) is 0 Å². The van der Waals surface area contributed by atoms with E-state index < -0.39 is 6.04 Å². The molecule has 3 aliphatic rings. The summed E-state index contributed by atoms with van der Waals surface area (Å²) in [6.07, 6.45) is 12.7. The summed E-state index contributed by atoms with van der Waals surface area (Å²) in [5.74, 6) is -0.250. The van der Waals surface area contributed by atoms with Gasteiger partial charge in [-0.1, -0.05) is 29.8 Å². The maximum Gasteiger partial charge on any atom is 0.410 e. The number of carbonyl (C=O) groups excluding carboxylic acids is 2. The molecule has 1 aromatic carbocycles. The summed E-state index contributed by atoms with van der Waals surface area (Å²) in [5, 5.41) is 3.75. The Hall–Kier alpha value is -3.64. The van der Waals surface area contributed by atoms with Crippen molar-refractivity contribution in [2.45, 2.75) is 37.5 Å². The lowest BCUT2D eigenvalue weighted by Gasteiger charge is -2.40. The lowest BCUT2D eigenvalue weighted by Crippen LogP contribution is -2.50. The van der Waals surface area contributed by atoms with Crippen LogP contribution >= 0.6 is 11.6 Å². The summed E-state index contributed by atoms with van der Waals surface area (Å²) in [6.45, 7) is 3.66. The van der Waals surface area contributed by atoms with E-state index in [1.807, 2.05) is 35.9 Å². The Morgan fingerprint density at radius 3 is 2.68 bits per heavy atom. The molecule has 0 bridgehead atoms. The number of halogens is 1. The van der Waals surface area contributed by atoms with Crippen LogP contribution in [0.25, 0.3) is 5.57 Å². The van der Waals surface area contributed by atoms with Gasteiger partial charge < -0.3 is 34.7 Å². The van der Waals surface area contributed by atoms with Crippen LogP contribution in [-0.2, 0) is 26.1 Å². The van der Waals surface area contributed by atoms with Gasteiger partial charge >= 0.3 is 6.09 Å². The van der Waals surface area contributed by atoms with E-state index in [9.17, 15) is 9.59 Å². The monoisotopic (exact) mass is 624 g/mol. The van der Waals surface area contributed by atoms with Crippen LogP contribution in [0, 0.1) is 0 Å². The number of nitrogens with two attached hydrogens (primary N) is 1. The van der Waals surface area contributed by atoms with Gasteiger partial charge in [-0.05, 0) is 53.1 Å². The molecule has 0 saturated carbocycles. The molecule has 5 rings (SSSR count). The van der Waals surface area contributed by atoms with Gasteiger partial charge in [0.1, 0.15) is 12.7 Å². The zero-order chi connectivity index (χ0) is 31.1. The summed E-state index contributed by atoms with van der Waals surface area (Å²) in [7, 11) is 3.39. The highest BCUT2D eigenvalue weighted by atomic mass is 35.5. The van der Waals surface area contributed by atoms with Crippen molar-refractivity contribution in [3.05, 3.63) is 82.6 Å². The molecule has 3 heterocycles. The van der Waals surface area contributed by atoms with E-state index in [-0.39, 0.29) is 30.8 Å². The second-order valence-corrected chi connectivity index (χ2v) is 11.7. The molecule has 2 aromatic rings. The predicted molar refractivity (Wildman–Crippen MR) is 168 cm³/mol. The van der Waals surface area contributed by atoms with Crippen LogP contribution < -0.4 is 11.1 Å². The lowest BCUT2D eigenvalue weighted by molar-refractivity contribution is -0.125. The smallest absolute Gasteiger partial charge is 0.410 e. The number of aromatic nitrogens is 2. The van der Waals surface area contributed by atoms with E-state index >= 15 is 0 Å². The largest absolute Gasteiger partial charge is 0.446 e. The molecule has 2 atom stereocenters. The zero-order valence-corrected chi connectivity index (χ0v) is 26.0. The van der Waals surface area contributed by atoms with Gasteiger partial charge in [0.15, 0.2) is 0 Å². The Morgan fingerprint density at radius 2 is 2.00 bits per heavy atom. The molecule has 236 valence electrons. The van der Waals surface area contributed by atoms with Crippen molar-refractivity contribution in [3.63, 3.8) is 0 Å². The van der Waals surface area contributed by atoms with Gasteiger partial charge in [0.05, 0.1) is 37.5 Å². The molecule has 2 saturated heterocycles. The zero-order valence-electron chi connectivity index (χ0n) is 25.3. The number of amides is 2. The Labute approximate surface area is 263 Å². The summed E-state index contributed by atoms with van der Waals surface area (Å²) < 4.78 is 18.2. The van der Waals surface area contributed by atoms with Crippen LogP contribution in [0.2, 0.25) is 5.02 Å². The molecule has 44 heavy (non-hydrogen) atoms. The summed E-state index contributed by atoms with van der Waals surface area (Å²) in [4.78, 5) is 34.4. The number of allylic oxidation sites excluding steroid dienone is 3. The van der Waals surface area contributed by atoms with Crippen LogP contribution in [0.3, 0.4) is 0 Å². The van der Waals surface area contributed by atoms with Crippen LogP contribution in [-0.4, -0.2) is 90.6 Å². The van der Waals surface area contributed by atoms with Crippen molar-refractivity contribution in [1.29, 1.82) is 0 Å². The van der Waals surface area contributed by atoms with Crippen molar-refractivity contribution in [1.82, 2.24) is 24.7 Å². The molecular weight excluding hydrogens is 584 g/mol. The van der Waals surface area contributed by atoms with E-state index in [0.29, 0.717) is 50.8 Å². The second kappa shape index (κ2) is 14.9. The molecule has 3 N–H and O–H groups in total. The summed E-state index contributed by atoms with van der Waals surface area (Å²) in [5.41, 5.74) is 10.5. The Bertz CT molecular complexity index is 1410. The third-order valence-electron chi connectivity index (χ3n) is 8.37. The molecule has 2 unspecified atom stereocenters. The number of rotatable bonds is 8. The van der Waals surface area contributed by atoms with Crippen molar-refractivity contribution in [2.24, 2.45) is 12.8 Å². The molecule has 2 aliphatic heterocycles. The first-order chi connectivity index (χ1) is 21.4. The maximum atomic E-state index is 12.9. The minimum Gasteiger partial charge on any atom is -0.446 e. The molecule has 1 aliphatic carbocycles. The second-order valence-electron chi connectivity index (χ2n) is 11.3. The maximum absolute atomic E-state index is 12.9. The van der Waals surface area contributed by atoms with E-state index in [1.54, 1.807) is 17.4 Å². The average Bonchev–Trinajstić information content (AvgIpc) is 3.38. The minimum absolute atomic E-state index is 0.0102. The molecule has 0 radical (unpaired) electrons. The van der Waals surface area contributed by atoms with Gasteiger partial charge in [-0.15, -0.1) is 0 Å². The van der Waals surface area contributed by atoms with Crippen LogP contribution in [0.15, 0.2) is 60.7 Å². The first kappa shape index (κ1) is 31.8. The number of methoxy groups -OCH3 is 1.